The molecule has 2 unspecified atom stereocenters. The largest absolute Gasteiger partial charge is 0.329 e. The zero-order valence-electron chi connectivity index (χ0n) is 9.46. The predicted octanol–water partition coefficient (Wildman–Crippen LogP) is -1.01. The topological polar surface area (TPSA) is 97.5 Å². The highest BCUT2D eigenvalue weighted by Crippen LogP contribution is 2.26. The van der Waals surface area contributed by atoms with Crippen molar-refractivity contribution >= 4 is 19.9 Å². The zero-order valence-corrected chi connectivity index (χ0v) is 11.1. The molecule has 8 heteroatoms. The lowest BCUT2D eigenvalue weighted by Crippen LogP contribution is -2.44. The van der Waals surface area contributed by atoms with E-state index in [0.29, 0.717) is 6.54 Å². The third kappa shape index (κ3) is 3.16. The molecule has 2 N–H and O–H groups in total. The molecule has 1 saturated heterocycles. The van der Waals surface area contributed by atoms with Gasteiger partial charge in [-0.1, -0.05) is 6.92 Å². The number of nitrogens with zero attached hydrogens (tertiary/aromatic N) is 1. The zero-order chi connectivity index (χ0) is 12.6. The van der Waals surface area contributed by atoms with Crippen molar-refractivity contribution in [2.75, 3.05) is 24.4 Å². The molecule has 0 amide bonds. The molecule has 1 fully saturated rings. The van der Waals surface area contributed by atoms with Gasteiger partial charge in [0, 0.05) is 25.4 Å². The summed E-state index contributed by atoms with van der Waals surface area (Å²) in [5.74, 6) is 0.180. The summed E-state index contributed by atoms with van der Waals surface area (Å²) < 4.78 is 47.0. The van der Waals surface area contributed by atoms with Crippen LogP contribution in [0.3, 0.4) is 0 Å². The molecule has 0 aromatic carbocycles. The minimum absolute atomic E-state index is 0.180. The molecule has 1 rings (SSSR count). The Balaban J connectivity index is 2.93. The van der Waals surface area contributed by atoms with Gasteiger partial charge in [0.2, 0.25) is 10.0 Å². The maximum absolute atomic E-state index is 11.9. The summed E-state index contributed by atoms with van der Waals surface area (Å²) in [4.78, 5) is 0. The van der Waals surface area contributed by atoms with E-state index in [1.807, 2.05) is 6.92 Å². The lowest BCUT2D eigenvalue weighted by Gasteiger charge is -2.24. The van der Waals surface area contributed by atoms with Crippen LogP contribution in [0.2, 0.25) is 0 Å². The number of hydrogen-bond donors (Lipinski definition) is 1. The monoisotopic (exact) mass is 270 g/mol. The Hall–Kier alpha value is -0.180. The Labute approximate surface area is 96.8 Å². The molecule has 0 aromatic heterocycles. The van der Waals surface area contributed by atoms with Gasteiger partial charge in [-0.05, 0) is 12.3 Å². The number of rotatable bonds is 4. The number of sulfonamides is 1. The van der Waals surface area contributed by atoms with E-state index in [9.17, 15) is 16.8 Å². The van der Waals surface area contributed by atoms with Gasteiger partial charge in [0.1, 0.15) is 0 Å². The van der Waals surface area contributed by atoms with Gasteiger partial charge in [-0.3, -0.25) is 0 Å². The van der Waals surface area contributed by atoms with Crippen LogP contribution in [-0.2, 0) is 19.9 Å². The van der Waals surface area contributed by atoms with Gasteiger partial charge < -0.3 is 5.73 Å². The highest BCUT2D eigenvalue weighted by molar-refractivity contribution is 8.06. The molecule has 16 heavy (non-hydrogen) atoms. The van der Waals surface area contributed by atoms with Crippen molar-refractivity contribution in [1.82, 2.24) is 4.31 Å². The normalized spacial score (nSPS) is 28.4. The second kappa shape index (κ2) is 4.59. The number of hydrogen-bond acceptors (Lipinski definition) is 5. The van der Waals surface area contributed by atoms with Crippen molar-refractivity contribution in [1.29, 1.82) is 0 Å². The van der Waals surface area contributed by atoms with E-state index in [4.69, 9.17) is 5.73 Å². The molecule has 0 aliphatic carbocycles. The number of sulfone groups is 1. The van der Waals surface area contributed by atoms with E-state index in [-0.39, 0.29) is 18.5 Å². The van der Waals surface area contributed by atoms with Crippen LogP contribution in [0, 0.1) is 5.92 Å². The van der Waals surface area contributed by atoms with Gasteiger partial charge in [-0.2, -0.15) is 4.31 Å². The fraction of sp³-hybridized carbons (Fsp3) is 1.00. The first-order valence-electron chi connectivity index (χ1n) is 5.04. The Kier molecular flexibility index (Phi) is 3.99. The van der Waals surface area contributed by atoms with Crippen molar-refractivity contribution in [3.63, 3.8) is 0 Å². The second-order valence-electron chi connectivity index (χ2n) is 4.34. The van der Waals surface area contributed by atoms with Gasteiger partial charge in [-0.15, -0.1) is 0 Å². The first-order chi connectivity index (χ1) is 7.17. The minimum atomic E-state index is -3.75. The molecule has 0 radical (unpaired) electrons. The fourth-order valence-electron chi connectivity index (χ4n) is 2.01. The Morgan fingerprint density at radius 3 is 2.31 bits per heavy atom. The van der Waals surface area contributed by atoms with Crippen LogP contribution in [0.5, 0.6) is 0 Å². The van der Waals surface area contributed by atoms with Crippen LogP contribution in [0.1, 0.15) is 13.3 Å². The van der Waals surface area contributed by atoms with E-state index >= 15 is 0 Å². The van der Waals surface area contributed by atoms with Gasteiger partial charge >= 0.3 is 0 Å². The Morgan fingerprint density at radius 2 is 1.88 bits per heavy atom. The first-order valence-corrected chi connectivity index (χ1v) is 8.71. The fourth-order valence-corrected chi connectivity index (χ4v) is 5.80. The summed E-state index contributed by atoms with van der Waals surface area (Å²) in [5.41, 5.74) is 5.52. The average molecular weight is 270 g/mol. The van der Waals surface area contributed by atoms with Crippen LogP contribution >= 0.6 is 0 Å². The van der Waals surface area contributed by atoms with Crippen molar-refractivity contribution in [3.8, 4) is 0 Å². The smallest absolute Gasteiger partial charge is 0.228 e. The van der Waals surface area contributed by atoms with E-state index in [1.165, 1.54) is 4.31 Å². The molecule has 0 aromatic rings. The van der Waals surface area contributed by atoms with Gasteiger partial charge in [0.15, 0.2) is 14.9 Å². The molecule has 2 atom stereocenters. The third-order valence-corrected chi connectivity index (χ3v) is 6.87. The summed E-state index contributed by atoms with van der Waals surface area (Å²) in [5, 5.41) is -0.830. The molecule has 1 heterocycles. The van der Waals surface area contributed by atoms with Crippen molar-refractivity contribution in [3.05, 3.63) is 0 Å². The molecular weight excluding hydrogens is 252 g/mol. The second-order valence-corrected chi connectivity index (χ2v) is 8.76. The highest BCUT2D eigenvalue weighted by Gasteiger charge is 2.39. The Morgan fingerprint density at radius 1 is 1.31 bits per heavy atom. The molecule has 0 bridgehead atoms. The van der Waals surface area contributed by atoms with Crippen LogP contribution in [0.25, 0.3) is 0 Å². The van der Waals surface area contributed by atoms with Crippen LogP contribution in [0.15, 0.2) is 0 Å². The summed E-state index contributed by atoms with van der Waals surface area (Å²) in [7, 11) is -7.29. The summed E-state index contributed by atoms with van der Waals surface area (Å²) in [6.07, 6.45) is 1.65. The summed E-state index contributed by atoms with van der Waals surface area (Å²) in [6, 6.07) is -0.272. The molecule has 6 nitrogen and oxygen atoms in total. The first kappa shape index (κ1) is 13.9. The lowest BCUT2D eigenvalue weighted by atomic mass is 10.0. The molecule has 1 aliphatic rings. The van der Waals surface area contributed by atoms with Crippen molar-refractivity contribution in [2.45, 2.75) is 19.4 Å². The molecule has 0 saturated carbocycles. The van der Waals surface area contributed by atoms with Crippen LogP contribution in [-0.4, -0.2) is 51.6 Å². The molecule has 0 spiro atoms. The maximum Gasteiger partial charge on any atom is 0.228 e. The SMILES string of the molecule is CC1CCN(S(=O)(=O)CS(C)(=O)=O)C1CN. The van der Waals surface area contributed by atoms with Crippen LogP contribution in [0.4, 0.5) is 0 Å². The third-order valence-electron chi connectivity index (χ3n) is 2.79. The van der Waals surface area contributed by atoms with Crippen molar-refractivity contribution < 1.29 is 16.8 Å². The molecule has 96 valence electrons. The molecular formula is C8H18N2O4S2. The van der Waals surface area contributed by atoms with Crippen LogP contribution < -0.4 is 5.73 Å². The minimum Gasteiger partial charge on any atom is -0.329 e. The highest BCUT2D eigenvalue weighted by atomic mass is 32.3. The quantitative estimate of drug-likeness (QED) is 0.705. The summed E-state index contributed by atoms with van der Waals surface area (Å²) >= 11 is 0. The predicted molar refractivity (Wildman–Crippen MR) is 62.0 cm³/mol. The Bertz CT molecular complexity index is 443. The average Bonchev–Trinajstić information content (AvgIpc) is 2.42. The van der Waals surface area contributed by atoms with Gasteiger partial charge in [0.25, 0.3) is 0 Å². The molecule has 1 aliphatic heterocycles. The van der Waals surface area contributed by atoms with Gasteiger partial charge in [-0.25, -0.2) is 16.8 Å². The van der Waals surface area contributed by atoms with E-state index in [0.717, 1.165) is 12.7 Å². The summed E-state index contributed by atoms with van der Waals surface area (Å²) in [6.45, 7) is 2.51. The van der Waals surface area contributed by atoms with Gasteiger partial charge in [0.05, 0.1) is 0 Å². The standard InChI is InChI=1S/C8H18N2O4S2/c1-7-3-4-10(8(7)5-9)16(13,14)6-15(2,11)12/h7-8H,3-6,9H2,1-2H3. The van der Waals surface area contributed by atoms with Crippen molar-refractivity contribution in [2.24, 2.45) is 11.7 Å². The van der Waals surface area contributed by atoms with E-state index in [2.05, 4.69) is 0 Å². The van der Waals surface area contributed by atoms with E-state index < -0.39 is 24.9 Å². The maximum atomic E-state index is 11.9. The lowest BCUT2D eigenvalue weighted by molar-refractivity contribution is 0.356. The number of nitrogens with two attached hydrogens (primary N) is 1. The van der Waals surface area contributed by atoms with E-state index in [1.54, 1.807) is 0 Å².